The zero-order valence-corrected chi connectivity index (χ0v) is 10.7. The summed E-state index contributed by atoms with van der Waals surface area (Å²) in [7, 11) is 0. The number of hydrogen-bond donors (Lipinski definition) is 1. The summed E-state index contributed by atoms with van der Waals surface area (Å²) in [5.41, 5.74) is 1.35. The third-order valence-corrected chi connectivity index (χ3v) is 2.80. The summed E-state index contributed by atoms with van der Waals surface area (Å²) in [5.74, 6) is -1.56. The molecular weight excluding hydrogens is 249 g/mol. The van der Waals surface area contributed by atoms with E-state index >= 15 is 0 Å². The van der Waals surface area contributed by atoms with Crippen LogP contribution in [0.2, 0.25) is 0 Å². The second-order valence-electron chi connectivity index (χ2n) is 4.31. The van der Waals surface area contributed by atoms with Crippen LogP contribution < -0.4 is 0 Å². The molecule has 0 aliphatic heterocycles. The average Bonchev–Trinajstić information content (AvgIpc) is 2.77. The van der Waals surface area contributed by atoms with Gasteiger partial charge in [0, 0.05) is 5.56 Å². The molecule has 1 heterocycles. The van der Waals surface area contributed by atoms with Crippen LogP contribution in [-0.2, 0) is 6.42 Å². The summed E-state index contributed by atoms with van der Waals surface area (Å²) in [6.45, 7) is 3.57. The first-order chi connectivity index (χ1) is 9.02. The Balaban J connectivity index is 2.47. The smallest absolute Gasteiger partial charge is 0.373 e. The van der Waals surface area contributed by atoms with Gasteiger partial charge in [0.2, 0.25) is 11.7 Å². The van der Waals surface area contributed by atoms with Crippen molar-refractivity contribution in [3.63, 3.8) is 0 Å². The van der Waals surface area contributed by atoms with E-state index in [0.29, 0.717) is 23.2 Å². The van der Waals surface area contributed by atoms with Gasteiger partial charge in [-0.1, -0.05) is 19.4 Å². The van der Waals surface area contributed by atoms with Gasteiger partial charge in [-0.25, -0.2) is 14.2 Å². The van der Waals surface area contributed by atoms with E-state index in [2.05, 4.69) is 4.98 Å². The summed E-state index contributed by atoms with van der Waals surface area (Å²) >= 11 is 0. The number of aryl methyl sites for hydroxylation is 2. The molecule has 2 aromatic rings. The molecule has 100 valence electrons. The van der Waals surface area contributed by atoms with Crippen molar-refractivity contribution >= 4 is 5.97 Å². The van der Waals surface area contributed by atoms with Crippen molar-refractivity contribution in [2.24, 2.45) is 0 Å². The van der Waals surface area contributed by atoms with Crippen LogP contribution in [0.1, 0.15) is 35.2 Å². The van der Waals surface area contributed by atoms with Crippen molar-refractivity contribution in [2.45, 2.75) is 26.7 Å². The standard InChI is InChI=1S/C14H14FNO3/c1-3-4-11-12(14(17)18)19-13(16-11)9-6-5-8(2)10(15)7-9/h5-7H,3-4H2,1-2H3,(H,17,18). The van der Waals surface area contributed by atoms with E-state index in [1.54, 1.807) is 19.1 Å². The van der Waals surface area contributed by atoms with Crippen LogP contribution in [0.5, 0.6) is 0 Å². The number of aromatic carboxylic acids is 1. The molecule has 1 aromatic carbocycles. The number of carboxylic acid groups (broad SMARTS) is 1. The van der Waals surface area contributed by atoms with Crippen molar-refractivity contribution in [3.8, 4) is 11.5 Å². The number of nitrogens with zero attached hydrogens (tertiary/aromatic N) is 1. The van der Waals surface area contributed by atoms with Gasteiger partial charge in [-0.2, -0.15) is 0 Å². The average molecular weight is 263 g/mol. The molecule has 0 atom stereocenters. The van der Waals surface area contributed by atoms with E-state index in [9.17, 15) is 9.18 Å². The summed E-state index contributed by atoms with van der Waals surface area (Å²) in [6, 6.07) is 4.56. The number of hydrogen-bond acceptors (Lipinski definition) is 3. The number of carbonyl (C=O) groups is 1. The minimum Gasteiger partial charge on any atom is -0.475 e. The third-order valence-electron chi connectivity index (χ3n) is 2.80. The molecule has 0 aliphatic carbocycles. The van der Waals surface area contributed by atoms with Gasteiger partial charge in [0.05, 0.1) is 5.69 Å². The lowest BCUT2D eigenvalue weighted by molar-refractivity contribution is 0.0661. The first-order valence-corrected chi connectivity index (χ1v) is 6.02. The van der Waals surface area contributed by atoms with Crippen LogP contribution in [0.4, 0.5) is 4.39 Å². The first-order valence-electron chi connectivity index (χ1n) is 6.02. The Morgan fingerprint density at radius 2 is 2.21 bits per heavy atom. The van der Waals surface area contributed by atoms with Gasteiger partial charge in [0.15, 0.2) is 0 Å². The van der Waals surface area contributed by atoms with E-state index in [4.69, 9.17) is 9.52 Å². The maximum atomic E-state index is 13.5. The molecule has 0 fully saturated rings. The highest BCUT2D eigenvalue weighted by atomic mass is 19.1. The molecule has 0 saturated carbocycles. The molecule has 0 saturated heterocycles. The number of rotatable bonds is 4. The molecule has 0 unspecified atom stereocenters. The zero-order valence-electron chi connectivity index (χ0n) is 10.7. The highest BCUT2D eigenvalue weighted by Crippen LogP contribution is 2.24. The molecule has 5 heteroatoms. The SMILES string of the molecule is CCCc1nc(-c2ccc(C)c(F)c2)oc1C(=O)O. The molecule has 0 spiro atoms. The highest BCUT2D eigenvalue weighted by molar-refractivity contribution is 5.86. The maximum absolute atomic E-state index is 13.5. The van der Waals surface area contributed by atoms with Crippen LogP contribution in [0.15, 0.2) is 22.6 Å². The number of benzene rings is 1. The fraction of sp³-hybridized carbons (Fsp3) is 0.286. The normalized spacial score (nSPS) is 10.7. The monoisotopic (exact) mass is 263 g/mol. The quantitative estimate of drug-likeness (QED) is 0.917. The van der Waals surface area contributed by atoms with E-state index in [-0.39, 0.29) is 17.5 Å². The fourth-order valence-electron chi connectivity index (χ4n) is 1.77. The predicted octanol–water partition coefficient (Wildman–Crippen LogP) is 3.44. The van der Waals surface area contributed by atoms with Crippen molar-refractivity contribution in [1.29, 1.82) is 0 Å². The lowest BCUT2D eigenvalue weighted by Crippen LogP contribution is -1.99. The molecule has 4 nitrogen and oxygen atoms in total. The summed E-state index contributed by atoms with van der Waals surface area (Å²) in [4.78, 5) is 15.2. The second-order valence-corrected chi connectivity index (χ2v) is 4.31. The number of halogens is 1. The lowest BCUT2D eigenvalue weighted by atomic mass is 10.1. The molecule has 0 amide bonds. The van der Waals surface area contributed by atoms with Gasteiger partial charge < -0.3 is 9.52 Å². The minimum atomic E-state index is -1.16. The van der Waals surface area contributed by atoms with Crippen molar-refractivity contribution in [2.75, 3.05) is 0 Å². The second kappa shape index (κ2) is 5.22. The Bertz CT molecular complexity index is 619. The van der Waals surface area contributed by atoms with Crippen molar-refractivity contribution < 1.29 is 18.7 Å². The minimum absolute atomic E-state index is 0.139. The third kappa shape index (κ3) is 2.65. The molecule has 1 aromatic heterocycles. The van der Waals surface area contributed by atoms with Crippen molar-refractivity contribution in [3.05, 3.63) is 41.0 Å². The molecular formula is C14H14FNO3. The van der Waals surface area contributed by atoms with Gasteiger partial charge in [-0.3, -0.25) is 0 Å². The molecule has 0 aliphatic rings. The molecule has 0 bridgehead atoms. The number of aromatic nitrogens is 1. The topological polar surface area (TPSA) is 63.3 Å². The summed E-state index contributed by atoms with van der Waals surface area (Å²) in [5, 5.41) is 9.04. The summed E-state index contributed by atoms with van der Waals surface area (Å²) in [6.07, 6.45) is 1.27. The highest BCUT2D eigenvalue weighted by Gasteiger charge is 2.20. The lowest BCUT2D eigenvalue weighted by Gasteiger charge is -1.98. The van der Waals surface area contributed by atoms with E-state index in [1.807, 2.05) is 6.92 Å². The van der Waals surface area contributed by atoms with E-state index in [0.717, 1.165) is 6.42 Å². The number of oxazole rings is 1. The van der Waals surface area contributed by atoms with Gasteiger partial charge in [-0.15, -0.1) is 0 Å². The molecule has 19 heavy (non-hydrogen) atoms. The Morgan fingerprint density at radius 1 is 1.47 bits per heavy atom. The van der Waals surface area contributed by atoms with Crippen molar-refractivity contribution in [1.82, 2.24) is 4.98 Å². The summed E-state index contributed by atoms with van der Waals surface area (Å²) < 4.78 is 18.7. The zero-order chi connectivity index (χ0) is 14.0. The van der Waals surface area contributed by atoms with Gasteiger partial charge in [-0.05, 0) is 31.0 Å². The van der Waals surface area contributed by atoms with Crippen LogP contribution in [0.25, 0.3) is 11.5 Å². The molecule has 1 N–H and O–H groups in total. The fourth-order valence-corrected chi connectivity index (χ4v) is 1.77. The Kier molecular flexibility index (Phi) is 3.64. The Labute approximate surface area is 109 Å². The van der Waals surface area contributed by atoms with Gasteiger partial charge >= 0.3 is 5.97 Å². The molecule has 0 radical (unpaired) electrons. The van der Waals surface area contributed by atoms with Crippen LogP contribution in [-0.4, -0.2) is 16.1 Å². The molecule has 2 rings (SSSR count). The predicted molar refractivity (Wildman–Crippen MR) is 67.6 cm³/mol. The van der Waals surface area contributed by atoms with Crippen LogP contribution >= 0.6 is 0 Å². The Hall–Kier alpha value is -2.17. The first kappa shape index (κ1) is 13.3. The van der Waals surface area contributed by atoms with Crippen LogP contribution in [0, 0.1) is 12.7 Å². The maximum Gasteiger partial charge on any atom is 0.373 e. The van der Waals surface area contributed by atoms with Gasteiger partial charge in [0.25, 0.3) is 0 Å². The number of carboxylic acids is 1. The van der Waals surface area contributed by atoms with E-state index in [1.165, 1.54) is 6.07 Å². The van der Waals surface area contributed by atoms with Crippen LogP contribution in [0.3, 0.4) is 0 Å². The largest absolute Gasteiger partial charge is 0.475 e. The Morgan fingerprint density at radius 3 is 2.79 bits per heavy atom. The van der Waals surface area contributed by atoms with Gasteiger partial charge in [0.1, 0.15) is 5.82 Å². The van der Waals surface area contributed by atoms with E-state index < -0.39 is 5.97 Å².